The van der Waals surface area contributed by atoms with Crippen molar-refractivity contribution < 1.29 is 62.8 Å². The number of ether oxygens (including phenoxy) is 4. The number of carboxylic acids is 1. The summed E-state index contributed by atoms with van der Waals surface area (Å²) >= 11 is 5.53. The average molecular weight is 772 g/mol. The van der Waals surface area contributed by atoms with E-state index < -0.39 is 17.9 Å². The normalized spacial score (nSPS) is 11.9. The molecule has 1 saturated heterocycles. The van der Waals surface area contributed by atoms with Gasteiger partial charge in [-0.15, -0.1) is 0 Å². The summed E-state index contributed by atoms with van der Waals surface area (Å²) in [6.07, 6.45) is 17.9. The third-order valence-electron chi connectivity index (χ3n) is 6.01. The van der Waals surface area contributed by atoms with E-state index in [1.165, 1.54) is 37.5 Å². The number of unbranched alkanes of at least 4 members (excludes halogenated alkanes) is 2. The molecule has 0 bridgehead atoms. The molecular formula is C38H45ClLiN6O9+. The zero-order chi connectivity index (χ0) is 39.1. The first-order chi connectivity index (χ1) is 25.7. The van der Waals surface area contributed by atoms with Crippen molar-refractivity contribution in [1.29, 1.82) is 0 Å². The molecule has 1 fully saturated rings. The largest absolute Gasteiger partial charge is 1.00 e. The summed E-state index contributed by atoms with van der Waals surface area (Å²) in [5.41, 5.74) is 1.40. The van der Waals surface area contributed by atoms with Crippen molar-refractivity contribution in [2.24, 2.45) is 0 Å². The van der Waals surface area contributed by atoms with E-state index in [1.807, 2.05) is 6.92 Å². The maximum atomic E-state index is 11.4. The molecule has 1 aliphatic heterocycles. The van der Waals surface area contributed by atoms with Gasteiger partial charge in [0.15, 0.2) is 17.1 Å². The minimum atomic E-state index is -1.06. The quantitative estimate of drug-likeness (QED) is 0.0783. The number of carbonyl (C=O) groups excluding carboxylic acids is 2. The maximum Gasteiger partial charge on any atom is 1.00 e. The Bertz CT molecular complexity index is 1730. The van der Waals surface area contributed by atoms with E-state index in [1.54, 1.807) is 19.9 Å². The van der Waals surface area contributed by atoms with Crippen LogP contribution in [0.1, 0.15) is 122 Å². The molecular weight excluding hydrogens is 727 g/mol. The van der Waals surface area contributed by atoms with Crippen LogP contribution in [0.3, 0.4) is 0 Å². The minimum Gasteiger partial charge on any atom is -0.870 e. The van der Waals surface area contributed by atoms with Crippen molar-refractivity contribution in [3.63, 3.8) is 0 Å². The van der Waals surface area contributed by atoms with Gasteiger partial charge in [0.05, 0.1) is 13.2 Å². The van der Waals surface area contributed by atoms with Crippen molar-refractivity contribution in [3.05, 3.63) is 77.2 Å². The molecule has 3 aromatic heterocycles. The molecule has 1 atom stereocenters. The van der Waals surface area contributed by atoms with E-state index in [0.717, 1.165) is 45.1 Å². The summed E-state index contributed by atoms with van der Waals surface area (Å²) in [4.78, 5) is 55.5. The van der Waals surface area contributed by atoms with E-state index in [-0.39, 0.29) is 52.9 Å². The van der Waals surface area contributed by atoms with E-state index in [2.05, 4.69) is 66.4 Å². The number of rotatable bonds is 10. The Labute approximate surface area is 339 Å². The van der Waals surface area contributed by atoms with E-state index in [4.69, 9.17) is 42.1 Å². The van der Waals surface area contributed by atoms with Crippen LogP contribution in [0.2, 0.25) is 5.15 Å². The van der Waals surface area contributed by atoms with Crippen LogP contribution < -0.4 is 18.9 Å². The number of hydrogen-bond donors (Lipinski definition) is 1. The number of esters is 2. The van der Waals surface area contributed by atoms with Gasteiger partial charge in [-0.3, -0.25) is 0 Å². The Hall–Kier alpha value is -4.68. The van der Waals surface area contributed by atoms with E-state index in [9.17, 15) is 14.4 Å². The summed E-state index contributed by atoms with van der Waals surface area (Å²) in [7, 11) is 0. The van der Waals surface area contributed by atoms with Crippen LogP contribution in [-0.2, 0) is 18.9 Å². The van der Waals surface area contributed by atoms with Crippen LogP contribution in [0.5, 0.6) is 0 Å². The first-order valence-corrected chi connectivity index (χ1v) is 17.4. The molecule has 288 valence electrons. The predicted molar refractivity (Wildman–Crippen MR) is 197 cm³/mol. The summed E-state index contributed by atoms with van der Waals surface area (Å²) in [6, 6.07) is 4.27. The van der Waals surface area contributed by atoms with Gasteiger partial charge in [0, 0.05) is 31.0 Å². The van der Waals surface area contributed by atoms with Crippen molar-refractivity contribution >= 4 is 29.5 Å². The Morgan fingerprint density at radius 1 is 0.800 bits per heavy atom. The molecule has 0 radical (unpaired) electrons. The molecule has 2 N–H and O–H groups in total. The molecule has 3 aromatic rings. The van der Waals surface area contributed by atoms with Crippen LogP contribution in [0, 0.1) is 36.0 Å². The molecule has 0 spiro atoms. The zero-order valence-corrected chi connectivity index (χ0v) is 32.6. The van der Waals surface area contributed by atoms with E-state index >= 15 is 0 Å². The van der Waals surface area contributed by atoms with Crippen molar-refractivity contribution in [3.8, 4) is 29.6 Å². The average Bonchev–Trinajstić information content (AvgIpc) is 3.17. The van der Waals surface area contributed by atoms with Gasteiger partial charge < -0.3 is 20.1 Å². The summed E-state index contributed by atoms with van der Waals surface area (Å²) in [5, 5.41) is 8.87. The maximum absolute atomic E-state index is 11.4. The van der Waals surface area contributed by atoms with Gasteiger partial charge in [0.2, 0.25) is 0 Å². The molecule has 1 aliphatic rings. The predicted octanol–water partition coefficient (Wildman–Crippen LogP) is 2.77. The fraction of sp³-hybridized carbons (Fsp3) is 0.447. The van der Waals surface area contributed by atoms with Crippen LogP contribution in [-0.4, -0.2) is 91.1 Å². The molecule has 1 unspecified atom stereocenters. The van der Waals surface area contributed by atoms with Crippen LogP contribution >= 0.6 is 11.6 Å². The van der Waals surface area contributed by atoms with E-state index in [0.29, 0.717) is 37.6 Å². The summed E-state index contributed by atoms with van der Waals surface area (Å²) in [5.74, 6) is 11.8. The first-order valence-electron chi connectivity index (χ1n) is 17.0. The first kappa shape index (κ1) is 52.4. The van der Waals surface area contributed by atoms with Crippen molar-refractivity contribution in [2.75, 3.05) is 26.4 Å². The van der Waals surface area contributed by atoms with Gasteiger partial charge in [-0.1, -0.05) is 37.3 Å². The number of carboxylic acid groups (broad SMARTS) is 1. The molecule has 0 aromatic carbocycles. The number of aromatic carboxylic acids is 1. The molecule has 4 heterocycles. The number of carbonyl (C=O) groups is 3. The second kappa shape index (κ2) is 33.9. The second-order valence-corrected chi connectivity index (χ2v) is 10.6. The topological polar surface area (TPSA) is 216 Å². The summed E-state index contributed by atoms with van der Waals surface area (Å²) in [6.45, 7) is 9.59. The third-order valence-corrected chi connectivity index (χ3v) is 6.21. The van der Waals surface area contributed by atoms with Gasteiger partial charge in [0.1, 0.15) is 35.5 Å². The Kier molecular flexibility index (Phi) is 32.3. The Balaban J connectivity index is 0. The van der Waals surface area contributed by atoms with Crippen LogP contribution in [0.4, 0.5) is 0 Å². The molecule has 55 heavy (non-hydrogen) atoms. The molecule has 4 rings (SSSR count). The fourth-order valence-corrected chi connectivity index (χ4v) is 3.72. The number of aromatic nitrogens is 6. The van der Waals surface area contributed by atoms with Gasteiger partial charge in [0.25, 0.3) is 0 Å². The van der Waals surface area contributed by atoms with Crippen LogP contribution in [0.15, 0.2) is 37.2 Å². The molecule has 0 amide bonds. The SMILES string of the molecule is CCCC#Cc1cc(C(=O)O)ncn1.CCCC#Cc1cc(C(=O)OCC)ncn1.CCOC(=O)c1cc(Cl)ncn1.[C+]#CCCOC1CCCCO1.[Li+].[OH-]. The van der Waals surface area contributed by atoms with Gasteiger partial charge in [-0.05, 0) is 38.5 Å². The van der Waals surface area contributed by atoms with Crippen LogP contribution in [0.25, 0.3) is 0 Å². The number of hydrogen-bond acceptors (Lipinski definition) is 14. The molecule has 17 heteroatoms. The number of halogens is 1. The monoisotopic (exact) mass is 771 g/mol. The van der Waals surface area contributed by atoms with Crippen molar-refractivity contribution in [2.45, 2.75) is 85.4 Å². The summed E-state index contributed by atoms with van der Waals surface area (Å²) < 4.78 is 20.2. The Morgan fingerprint density at radius 3 is 1.76 bits per heavy atom. The standard InChI is InChI=1S/C12H14N2O2.C10H10N2O2.C9H13O2.C7H7ClN2O2.Li.H2O/c1-3-5-6-7-10-8-11(14-9-13-10)12(15)16-4-2;1-2-3-4-5-8-6-9(10(13)14)12-7-11-8;1-2-3-7-10-9-6-4-5-8-11-9;1-2-12-7(11)5-3-6(8)10-4-9-5;;/h8-9H,3-5H2,1-2H3;6-7H,2-3H2,1H3,(H,13,14);9H,3-8H2;3-4H,2H2,1H3;;1H2/q;;+1;;+1;/p-1. The molecule has 15 nitrogen and oxygen atoms in total. The Morgan fingerprint density at radius 2 is 1.31 bits per heavy atom. The van der Waals surface area contributed by atoms with Gasteiger partial charge in [-0.2, -0.15) is 0 Å². The third kappa shape index (κ3) is 25.1. The molecule has 0 aliphatic carbocycles. The minimum absolute atomic E-state index is 0. The van der Waals surface area contributed by atoms with Gasteiger partial charge in [-0.25, -0.2) is 44.3 Å². The number of nitrogens with zero attached hydrogens (tertiary/aromatic N) is 6. The second-order valence-electron chi connectivity index (χ2n) is 10.2. The van der Waals surface area contributed by atoms with Crippen molar-refractivity contribution in [1.82, 2.24) is 29.9 Å². The fourth-order valence-electron chi connectivity index (χ4n) is 3.58. The zero-order valence-electron chi connectivity index (χ0n) is 31.8. The van der Waals surface area contributed by atoms with Gasteiger partial charge >= 0.3 is 104 Å². The molecule has 0 saturated carbocycles. The smallest absolute Gasteiger partial charge is 0.870 e.